The molecule has 0 saturated heterocycles. The highest BCUT2D eigenvalue weighted by Gasteiger charge is 2.32. The van der Waals surface area contributed by atoms with Crippen molar-refractivity contribution in [3.05, 3.63) is 64.2 Å². The first-order valence-electron chi connectivity index (χ1n) is 7.92. The first-order valence-corrected chi connectivity index (χ1v) is 8.29. The van der Waals surface area contributed by atoms with Gasteiger partial charge in [-0.1, -0.05) is 35.9 Å². The predicted octanol–water partition coefficient (Wildman–Crippen LogP) is 3.00. The van der Waals surface area contributed by atoms with Crippen molar-refractivity contribution in [2.45, 2.75) is 24.9 Å². The largest absolute Gasteiger partial charge is 0.496 e. The molecule has 2 aromatic rings. The van der Waals surface area contributed by atoms with Gasteiger partial charge in [-0.2, -0.15) is 0 Å². The predicted molar refractivity (Wildman–Crippen MR) is 93.8 cm³/mol. The Morgan fingerprint density at radius 3 is 2.79 bits per heavy atom. The fraction of sp³-hybridized carbons (Fsp3) is 0.316. The van der Waals surface area contributed by atoms with Crippen LogP contribution < -0.4 is 10.1 Å². The third-order valence-electron chi connectivity index (χ3n) is 4.48. The van der Waals surface area contributed by atoms with Crippen LogP contribution in [0.4, 0.5) is 0 Å². The highest BCUT2D eigenvalue weighted by molar-refractivity contribution is 6.31. The van der Waals surface area contributed by atoms with Gasteiger partial charge in [0.2, 0.25) is 0 Å². The Labute approximate surface area is 146 Å². The topological polar surface area (TPSA) is 58.6 Å². The van der Waals surface area contributed by atoms with Gasteiger partial charge in [-0.3, -0.25) is 4.79 Å². The number of methoxy groups -OCH3 is 1. The fourth-order valence-corrected chi connectivity index (χ4v) is 3.30. The summed E-state index contributed by atoms with van der Waals surface area (Å²) in [4.78, 5) is 12.4. The first-order chi connectivity index (χ1) is 11.5. The molecule has 126 valence electrons. The smallest absolute Gasteiger partial charge is 0.255 e. The minimum Gasteiger partial charge on any atom is -0.496 e. The lowest BCUT2D eigenvalue weighted by atomic mass is 9.80. The average Bonchev–Trinajstić information content (AvgIpc) is 2.59. The second-order valence-corrected chi connectivity index (χ2v) is 6.63. The van der Waals surface area contributed by atoms with Crippen LogP contribution in [0.5, 0.6) is 5.75 Å². The van der Waals surface area contributed by atoms with E-state index in [-0.39, 0.29) is 12.5 Å². The molecule has 1 atom stereocenters. The van der Waals surface area contributed by atoms with Gasteiger partial charge in [0.05, 0.1) is 18.3 Å². The molecule has 2 aromatic carbocycles. The lowest BCUT2D eigenvalue weighted by Crippen LogP contribution is -2.46. The van der Waals surface area contributed by atoms with E-state index in [1.54, 1.807) is 18.2 Å². The van der Waals surface area contributed by atoms with Crippen molar-refractivity contribution in [2.75, 3.05) is 13.7 Å². The Hall–Kier alpha value is -2.04. The van der Waals surface area contributed by atoms with E-state index in [2.05, 4.69) is 11.4 Å². The number of aliphatic hydroxyl groups is 1. The summed E-state index contributed by atoms with van der Waals surface area (Å²) in [5.74, 6) is 0.152. The number of halogens is 1. The van der Waals surface area contributed by atoms with Crippen LogP contribution in [0.1, 0.15) is 27.9 Å². The molecular formula is C19H20ClNO3. The van der Waals surface area contributed by atoms with Crippen molar-refractivity contribution >= 4 is 17.5 Å². The molecule has 0 fully saturated rings. The number of ether oxygens (including phenoxy) is 1. The van der Waals surface area contributed by atoms with Crippen LogP contribution >= 0.6 is 11.6 Å². The summed E-state index contributed by atoms with van der Waals surface area (Å²) in [6.45, 7) is 0.190. The van der Waals surface area contributed by atoms with Gasteiger partial charge in [-0.15, -0.1) is 0 Å². The highest BCUT2D eigenvalue weighted by atomic mass is 35.5. The molecule has 1 aliphatic carbocycles. The maximum absolute atomic E-state index is 12.4. The number of nitrogens with one attached hydrogen (secondary N) is 1. The summed E-state index contributed by atoms with van der Waals surface area (Å²) < 4.78 is 5.20. The number of benzene rings is 2. The molecule has 0 spiro atoms. The van der Waals surface area contributed by atoms with Crippen molar-refractivity contribution in [2.24, 2.45) is 0 Å². The number of hydrogen-bond acceptors (Lipinski definition) is 3. The third-order valence-corrected chi connectivity index (χ3v) is 4.72. The Morgan fingerprint density at radius 2 is 2.04 bits per heavy atom. The Kier molecular flexibility index (Phi) is 4.78. The minimum absolute atomic E-state index is 0.190. The molecule has 0 heterocycles. The number of amides is 1. The van der Waals surface area contributed by atoms with E-state index in [1.165, 1.54) is 12.7 Å². The molecule has 0 radical (unpaired) electrons. The molecule has 1 aliphatic rings. The summed E-state index contributed by atoms with van der Waals surface area (Å²) in [6, 6.07) is 13.0. The lowest BCUT2D eigenvalue weighted by Gasteiger charge is -2.33. The van der Waals surface area contributed by atoms with E-state index < -0.39 is 5.60 Å². The van der Waals surface area contributed by atoms with Gasteiger partial charge in [-0.25, -0.2) is 0 Å². The molecule has 4 nitrogen and oxygen atoms in total. The average molecular weight is 346 g/mol. The molecular weight excluding hydrogens is 326 g/mol. The van der Waals surface area contributed by atoms with Gasteiger partial charge in [0, 0.05) is 18.0 Å². The van der Waals surface area contributed by atoms with Crippen LogP contribution in [-0.4, -0.2) is 30.3 Å². The summed E-state index contributed by atoms with van der Waals surface area (Å²) in [5, 5.41) is 14.1. The third kappa shape index (κ3) is 3.55. The van der Waals surface area contributed by atoms with Crippen LogP contribution in [0.25, 0.3) is 0 Å². The molecule has 0 aliphatic heterocycles. The van der Waals surface area contributed by atoms with Gasteiger partial charge in [0.25, 0.3) is 5.91 Å². The quantitative estimate of drug-likeness (QED) is 0.895. The zero-order valence-electron chi connectivity index (χ0n) is 13.5. The molecule has 0 unspecified atom stereocenters. The molecule has 3 rings (SSSR count). The maximum Gasteiger partial charge on any atom is 0.255 e. The van der Waals surface area contributed by atoms with E-state index in [0.29, 0.717) is 29.2 Å². The van der Waals surface area contributed by atoms with Crippen LogP contribution in [0.15, 0.2) is 42.5 Å². The Bertz CT molecular complexity index is 762. The molecule has 5 heteroatoms. The first kappa shape index (κ1) is 16.8. The number of carbonyl (C=O) groups excluding carboxylic acids is 1. The molecule has 0 aromatic heterocycles. The van der Waals surface area contributed by atoms with E-state index in [1.807, 2.05) is 18.2 Å². The van der Waals surface area contributed by atoms with Crippen LogP contribution in [0, 0.1) is 0 Å². The van der Waals surface area contributed by atoms with Crippen molar-refractivity contribution < 1.29 is 14.6 Å². The SMILES string of the molecule is COc1ccc(Cl)cc1C(=O)NC[C@@]1(O)CCc2ccccc2C1. The van der Waals surface area contributed by atoms with E-state index in [9.17, 15) is 9.90 Å². The molecule has 2 N–H and O–H groups in total. The van der Waals surface area contributed by atoms with E-state index >= 15 is 0 Å². The Morgan fingerprint density at radius 1 is 1.29 bits per heavy atom. The van der Waals surface area contributed by atoms with Crippen molar-refractivity contribution in [1.82, 2.24) is 5.32 Å². The van der Waals surface area contributed by atoms with Gasteiger partial charge < -0.3 is 15.2 Å². The normalized spacial score (nSPS) is 19.5. The second-order valence-electron chi connectivity index (χ2n) is 6.20. The monoisotopic (exact) mass is 345 g/mol. The molecule has 0 saturated carbocycles. The van der Waals surface area contributed by atoms with Gasteiger partial charge in [0.15, 0.2) is 0 Å². The van der Waals surface area contributed by atoms with Crippen LogP contribution in [-0.2, 0) is 12.8 Å². The number of aryl methyl sites for hydroxylation is 1. The second kappa shape index (κ2) is 6.83. The summed E-state index contributed by atoms with van der Waals surface area (Å²) >= 11 is 5.97. The fourth-order valence-electron chi connectivity index (χ4n) is 3.13. The lowest BCUT2D eigenvalue weighted by molar-refractivity contribution is 0.0259. The van der Waals surface area contributed by atoms with Crippen molar-refractivity contribution in [3.63, 3.8) is 0 Å². The minimum atomic E-state index is -0.935. The van der Waals surface area contributed by atoms with E-state index in [0.717, 1.165) is 12.0 Å². The van der Waals surface area contributed by atoms with Gasteiger partial charge in [0.1, 0.15) is 5.75 Å². The zero-order chi connectivity index (χ0) is 17.2. The van der Waals surface area contributed by atoms with Crippen molar-refractivity contribution in [1.29, 1.82) is 0 Å². The van der Waals surface area contributed by atoms with Crippen molar-refractivity contribution in [3.8, 4) is 5.75 Å². The van der Waals surface area contributed by atoms with E-state index in [4.69, 9.17) is 16.3 Å². The highest BCUT2D eigenvalue weighted by Crippen LogP contribution is 2.28. The zero-order valence-corrected chi connectivity index (χ0v) is 14.3. The molecule has 0 bridgehead atoms. The number of rotatable bonds is 4. The Balaban J connectivity index is 1.70. The summed E-state index contributed by atoms with van der Waals surface area (Å²) in [7, 11) is 1.51. The molecule has 24 heavy (non-hydrogen) atoms. The number of fused-ring (bicyclic) bond motifs is 1. The summed E-state index contributed by atoms with van der Waals surface area (Å²) in [5.41, 5.74) is 1.84. The van der Waals surface area contributed by atoms with Gasteiger partial charge in [-0.05, 0) is 42.2 Å². The van der Waals surface area contributed by atoms with Gasteiger partial charge >= 0.3 is 0 Å². The standard InChI is InChI=1S/C19H20ClNO3/c1-24-17-7-6-15(20)10-16(17)18(22)21-12-19(23)9-8-13-4-2-3-5-14(13)11-19/h2-7,10,23H,8-9,11-12H2,1H3,(H,21,22)/t19-/m1/s1. The summed E-state index contributed by atoms with van der Waals surface area (Å²) in [6.07, 6.45) is 1.97. The van der Waals surface area contributed by atoms with Crippen LogP contribution in [0.3, 0.4) is 0 Å². The number of hydrogen-bond donors (Lipinski definition) is 2. The maximum atomic E-state index is 12.4. The molecule has 1 amide bonds. The van der Waals surface area contributed by atoms with Crippen LogP contribution in [0.2, 0.25) is 5.02 Å². The number of carbonyl (C=O) groups is 1.